The van der Waals surface area contributed by atoms with Crippen molar-refractivity contribution in [3.05, 3.63) is 24.3 Å². The zero-order valence-electron chi connectivity index (χ0n) is 10.6. The minimum atomic E-state index is 0.204. The quantitative estimate of drug-likeness (QED) is 0.726. The van der Waals surface area contributed by atoms with Crippen LogP contribution in [0.25, 0.3) is 0 Å². The van der Waals surface area contributed by atoms with Gasteiger partial charge in [-0.2, -0.15) is 0 Å². The molecule has 0 N–H and O–H groups in total. The van der Waals surface area contributed by atoms with Gasteiger partial charge in [0.1, 0.15) is 0 Å². The summed E-state index contributed by atoms with van der Waals surface area (Å²) in [5.41, 5.74) is 0. The van der Waals surface area contributed by atoms with Crippen LogP contribution < -0.4 is 9.47 Å². The lowest BCUT2D eigenvalue weighted by Gasteiger charge is -2.18. The van der Waals surface area contributed by atoms with Crippen molar-refractivity contribution >= 4 is 0 Å². The van der Waals surface area contributed by atoms with Gasteiger partial charge in [-0.15, -0.1) is 0 Å². The first kappa shape index (κ1) is 12.9. The summed E-state index contributed by atoms with van der Waals surface area (Å²) < 4.78 is 11.6. The van der Waals surface area contributed by atoms with E-state index in [-0.39, 0.29) is 12.2 Å². The van der Waals surface area contributed by atoms with Crippen LogP contribution in [0.15, 0.2) is 18.2 Å². The van der Waals surface area contributed by atoms with Crippen LogP contribution in [-0.4, -0.2) is 12.2 Å². The van der Waals surface area contributed by atoms with Gasteiger partial charge in [-0.3, -0.25) is 0 Å². The van der Waals surface area contributed by atoms with Crippen LogP contribution in [-0.2, 0) is 0 Å². The van der Waals surface area contributed by atoms with E-state index in [9.17, 15) is 0 Å². The number of benzene rings is 1. The molecule has 89 valence electrons. The van der Waals surface area contributed by atoms with Gasteiger partial charge in [0.2, 0.25) is 0 Å². The fraction of sp³-hybridized carbons (Fsp3) is 0.571. The molecule has 16 heavy (non-hydrogen) atoms. The Morgan fingerprint density at radius 3 is 2.19 bits per heavy atom. The van der Waals surface area contributed by atoms with Gasteiger partial charge in [-0.05, 0) is 44.9 Å². The molecule has 2 unspecified atom stereocenters. The zero-order valence-corrected chi connectivity index (χ0v) is 10.6. The van der Waals surface area contributed by atoms with Crippen LogP contribution in [0.3, 0.4) is 0 Å². The highest BCUT2D eigenvalue weighted by Crippen LogP contribution is 2.28. The van der Waals surface area contributed by atoms with Crippen LogP contribution in [0.4, 0.5) is 0 Å². The Balaban J connectivity index is 2.75. The molecule has 0 saturated carbocycles. The number of hydrogen-bond acceptors (Lipinski definition) is 2. The number of rotatable bonds is 6. The molecule has 1 rings (SSSR count). The molecule has 0 saturated heterocycles. The first-order chi connectivity index (χ1) is 7.67. The summed E-state index contributed by atoms with van der Waals surface area (Å²) in [5.74, 6) is 1.60. The smallest absolute Gasteiger partial charge is 0.162 e. The fourth-order valence-corrected chi connectivity index (χ4v) is 1.19. The highest BCUT2D eigenvalue weighted by atomic mass is 16.5. The largest absolute Gasteiger partial charge is 0.487 e. The second-order valence-corrected chi connectivity index (χ2v) is 4.05. The third-order valence-corrected chi connectivity index (χ3v) is 2.59. The molecule has 2 nitrogen and oxygen atoms in total. The summed E-state index contributed by atoms with van der Waals surface area (Å²) in [5, 5.41) is 0. The molecule has 2 heteroatoms. The number of hydrogen-bond donors (Lipinski definition) is 0. The van der Waals surface area contributed by atoms with E-state index in [1.54, 1.807) is 0 Å². The molecule has 0 spiro atoms. The Morgan fingerprint density at radius 2 is 1.62 bits per heavy atom. The summed E-state index contributed by atoms with van der Waals surface area (Å²) in [4.78, 5) is 0. The molecule has 2 atom stereocenters. The molecule has 0 fully saturated rings. The molecule has 0 amide bonds. The van der Waals surface area contributed by atoms with Crippen molar-refractivity contribution in [2.75, 3.05) is 0 Å². The molecule has 1 aromatic carbocycles. The minimum Gasteiger partial charge on any atom is -0.487 e. The van der Waals surface area contributed by atoms with E-state index in [0.717, 1.165) is 24.3 Å². The van der Waals surface area contributed by atoms with Gasteiger partial charge in [0.25, 0.3) is 0 Å². The summed E-state index contributed by atoms with van der Waals surface area (Å²) in [6.45, 7) is 8.32. The summed E-state index contributed by atoms with van der Waals surface area (Å²) in [6, 6.07) is 8.61. The summed E-state index contributed by atoms with van der Waals surface area (Å²) in [7, 11) is 0. The van der Waals surface area contributed by atoms with Crippen molar-refractivity contribution in [2.45, 2.75) is 52.7 Å². The van der Waals surface area contributed by atoms with Crippen molar-refractivity contribution in [3.8, 4) is 11.5 Å². The minimum absolute atomic E-state index is 0.204. The van der Waals surface area contributed by atoms with E-state index < -0.39 is 0 Å². The second-order valence-electron chi connectivity index (χ2n) is 4.05. The molecule has 1 radical (unpaired) electrons. The lowest BCUT2D eigenvalue weighted by molar-refractivity contribution is 0.177. The standard InChI is InChI=1S/C14H21O2/c1-5-11(3)15-13-9-7-8-10-14(13)16-12(4)6-2/h7,9-12H,5-6H2,1-4H3. The maximum atomic E-state index is 5.80. The van der Waals surface area contributed by atoms with Gasteiger partial charge in [0.05, 0.1) is 12.2 Å². The van der Waals surface area contributed by atoms with Gasteiger partial charge < -0.3 is 9.47 Å². The maximum Gasteiger partial charge on any atom is 0.162 e. The zero-order chi connectivity index (χ0) is 12.0. The van der Waals surface area contributed by atoms with E-state index in [2.05, 4.69) is 33.8 Å². The lowest BCUT2D eigenvalue weighted by atomic mass is 10.2. The van der Waals surface area contributed by atoms with Gasteiger partial charge in [-0.25, -0.2) is 0 Å². The predicted octanol–water partition coefficient (Wildman–Crippen LogP) is 3.84. The van der Waals surface area contributed by atoms with Crippen LogP contribution in [0, 0.1) is 6.07 Å². The van der Waals surface area contributed by atoms with Crippen molar-refractivity contribution in [2.24, 2.45) is 0 Å². The molecule has 0 bridgehead atoms. The molecule has 0 aliphatic rings. The van der Waals surface area contributed by atoms with Crippen molar-refractivity contribution in [1.82, 2.24) is 0 Å². The van der Waals surface area contributed by atoms with Crippen LogP contribution in [0.2, 0.25) is 0 Å². The Labute approximate surface area is 98.6 Å². The van der Waals surface area contributed by atoms with Gasteiger partial charge in [0.15, 0.2) is 11.5 Å². The molecule has 0 aliphatic carbocycles. The van der Waals surface area contributed by atoms with Gasteiger partial charge in [-0.1, -0.05) is 19.9 Å². The van der Waals surface area contributed by atoms with Crippen molar-refractivity contribution in [1.29, 1.82) is 0 Å². The highest BCUT2D eigenvalue weighted by molar-refractivity contribution is 5.39. The second kappa shape index (κ2) is 6.41. The Kier molecular flexibility index (Phi) is 5.17. The average molecular weight is 221 g/mol. The molecule has 0 heterocycles. The molecule has 0 aliphatic heterocycles. The molecular weight excluding hydrogens is 200 g/mol. The summed E-state index contributed by atoms with van der Waals surface area (Å²) >= 11 is 0. The average Bonchev–Trinajstić information content (AvgIpc) is 2.31. The Morgan fingerprint density at radius 1 is 1.06 bits per heavy atom. The van der Waals surface area contributed by atoms with Crippen molar-refractivity contribution in [3.63, 3.8) is 0 Å². The third-order valence-electron chi connectivity index (χ3n) is 2.59. The van der Waals surface area contributed by atoms with Gasteiger partial charge >= 0.3 is 0 Å². The predicted molar refractivity (Wildman–Crippen MR) is 66.0 cm³/mol. The SMILES string of the molecule is CCC(C)Oc1c[c]ccc1OC(C)CC. The lowest BCUT2D eigenvalue weighted by Crippen LogP contribution is -2.14. The Bertz CT molecular complexity index is 278. The third kappa shape index (κ3) is 3.76. The molecule has 1 aromatic rings. The molecule has 0 aromatic heterocycles. The highest BCUT2D eigenvalue weighted by Gasteiger charge is 2.09. The van der Waals surface area contributed by atoms with Crippen LogP contribution in [0.1, 0.15) is 40.5 Å². The first-order valence-corrected chi connectivity index (χ1v) is 6.00. The molecular formula is C14H21O2. The first-order valence-electron chi connectivity index (χ1n) is 6.00. The topological polar surface area (TPSA) is 18.5 Å². The Hall–Kier alpha value is -1.18. The summed E-state index contributed by atoms with van der Waals surface area (Å²) in [6.07, 6.45) is 2.38. The van der Waals surface area contributed by atoms with E-state index in [4.69, 9.17) is 9.47 Å². The van der Waals surface area contributed by atoms with E-state index in [1.165, 1.54) is 0 Å². The van der Waals surface area contributed by atoms with E-state index in [1.807, 2.05) is 18.2 Å². The van der Waals surface area contributed by atoms with Crippen molar-refractivity contribution < 1.29 is 9.47 Å². The van der Waals surface area contributed by atoms with Crippen LogP contribution in [0.5, 0.6) is 11.5 Å². The number of ether oxygens (including phenoxy) is 2. The monoisotopic (exact) mass is 221 g/mol. The van der Waals surface area contributed by atoms with Crippen LogP contribution >= 0.6 is 0 Å². The van der Waals surface area contributed by atoms with E-state index >= 15 is 0 Å². The normalized spacial score (nSPS) is 14.2. The maximum absolute atomic E-state index is 5.80. The van der Waals surface area contributed by atoms with E-state index in [0.29, 0.717) is 0 Å². The fourth-order valence-electron chi connectivity index (χ4n) is 1.19. The van der Waals surface area contributed by atoms with Gasteiger partial charge in [0, 0.05) is 0 Å².